The van der Waals surface area contributed by atoms with Crippen LogP contribution in [0, 0.1) is 0 Å². The van der Waals surface area contributed by atoms with Gasteiger partial charge in [-0.25, -0.2) is 0 Å². The van der Waals surface area contributed by atoms with E-state index in [0.717, 1.165) is 6.42 Å². The van der Waals surface area contributed by atoms with Gasteiger partial charge in [0, 0.05) is 12.6 Å². The van der Waals surface area contributed by atoms with Crippen molar-refractivity contribution in [1.29, 1.82) is 0 Å². The predicted octanol–water partition coefficient (Wildman–Crippen LogP) is 2.58. The molecule has 21 heavy (non-hydrogen) atoms. The number of esters is 1. The van der Waals surface area contributed by atoms with Crippen molar-refractivity contribution in [3.8, 4) is 0 Å². The summed E-state index contributed by atoms with van der Waals surface area (Å²) in [4.78, 5) is 13.2. The number of ether oxygens (including phenoxy) is 1. The number of carbonyl (C=O) groups excluding carboxylic acids is 1. The number of hydrogen-bond donors (Lipinski definition) is 1. The van der Waals surface area contributed by atoms with E-state index in [1.165, 1.54) is 12.0 Å². The Morgan fingerprint density at radius 1 is 1.33 bits per heavy atom. The molecule has 0 aromatic heterocycles. The summed E-state index contributed by atoms with van der Waals surface area (Å²) in [5.41, 5.74) is -0.969. The number of nitrogens with zero attached hydrogens (tertiary/aromatic N) is 1. The monoisotopic (exact) mass is 312 g/mol. The zero-order valence-electron chi connectivity index (χ0n) is 13.5. The molecule has 0 bridgehead atoms. The Balaban J connectivity index is 4.79. The molecule has 1 unspecified atom stereocenters. The van der Waals surface area contributed by atoms with Gasteiger partial charge in [0.1, 0.15) is 5.54 Å². The molecular formula is C14H27F3N2O2. The normalized spacial score (nSPS) is 15.3. The molecule has 0 aliphatic carbocycles. The van der Waals surface area contributed by atoms with Gasteiger partial charge in [0.05, 0.1) is 13.7 Å². The van der Waals surface area contributed by atoms with Crippen molar-refractivity contribution < 1.29 is 22.7 Å². The van der Waals surface area contributed by atoms with Crippen LogP contribution in [0.3, 0.4) is 0 Å². The predicted molar refractivity (Wildman–Crippen MR) is 76.1 cm³/mol. The van der Waals surface area contributed by atoms with Crippen LogP contribution in [0.25, 0.3) is 0 Å². The Labute approximate surface area is 125 Å². The lowest BCUT2D eigenvalue weighted by molar-refractivity contribution is -0.153. The van der Waals surface area contributed by atoms with Gasteiger partial charge in [0.2, 0.25) is 0 Å². The van der Waals surface area contributed by atoms with E-state index in [1.807, 2.05) is 6.92 Å². The molecule has 0 aliphatic heterocycles. The minimum absolute atomic E-state index is 0.166. The second-order valence-electron chi connectivity index (χ2n) is 5.68. The number of hydrogen-bond acceptors (Lipinski definition) is 4. The maximum absolute atomic E-state index is 12.6. The van der Waals surface area contributed by atoms with E-state index in [4.69, 9.17) is 4.74 Å². The molecule has 0 fully saturated rings. The van der Waals surface area contributed by atoms with Gasteiger partial charge < -0.3 is 10.1 Å². The first-order valence-electron chi connectivity index (χ1n) is 7.20. The van der Waals surface area contributed by atoms with Crippen LogP contribution >= 0.6 is 0 Å². The van der Waals surface area contributed by atoms with Gasteiger partial charge >= 0.3 is 12.1 Å². The topological polar surface area (TPSA) is 41.6 Å². The zero-order chi connectivity index (χ0) is 16.7. The Morgan fingerprint density at radius 2 is 1.90 bits per heavy atom. The first-order valence-corrected chi connectivity index (χ1v) is 7.20. The lowest BCUT2D eigenvalue weighted by Crippen LogP contribution is -2.53. The molecule has 1 atom stereocenters. The summed E-state index contributed by atoms with van der Waals surface area (Å²) in [7, 11) is 1.28. The molecule has 7 heteroatoms. The van der Waals surface area contributed by atoms with Crippen LogP contribution in [0.1, 0.15) is 40.5 Å². The molecule has 1 N–H and O–H groups in total. The van der Waals surface area contributed by atoms with Gasteiger partial charge in [-0.15, -0.1) is 0 Å². The molecule has 0 heterocycles. The highest BCUT2D eigenvalue weighted by molar-refractivity contribution is 5.80. The highest BCUT2D eigenvalue weighted by Crippen LogP contribution is 2.20. The number of methoxy groups -OCH3 is 1. The fourth-order valence-corrected chi connectivity index (χ4v) is 2.01. The number of halogens is 3. The summed E-state index contributed by atoms with van der Waals surface area (Å²) in [5.74, 6) is -0.452. The second-order valence-corrected chi connectivity index (χ2v) is 5.68. The van der Waals surface area contributed by atoms with Crippen molar-refractivity contribution in [2.45, 2.75) is 58.3 Å². The molecule has 0 radical (unpaired) electrons. The largest absolute Gasteiger partial charge is 0.468 e. The van der Waals surface area contributed by atoms with E-state index in [1.54, 1.807) is 20.8 Å². The third kappa shape index (κ3) is 7.66. The third-order valence-electron chi connectivity index (χ3n) is 3.41. The average molecular weight is 312 g/mol. The number of alkyl halides is 3. The van der Waals surface area contributed by atoms with Gasteiger partial charge in [-0.2, -0.15) is 13.2 Å². The molecule has 0 rings (SSSR count). The molecule has 0 aromatic rings. The number of carbonyl (C=O) groups is 1. The van der Waals surface area contributed by atoms with E-state index in [9.17, 15) is 18.0 Å². The second kappa shape index (κ2) is 8.58. The molecule has 126 valence electrons. The van der Waals surface area contributed by atoms with Crippen LogP contribution in [0.2, 0.25) is 0 Å². The van der Waals surface area contributed by atoms with Crippen LogP contribution in [0.4, 0.5) is 13.2 Å². The van der Waals surface area contributed by atoms with Crippen molar-refractivity contribution in [2.75, 3.05) is 26.7 Å². The quantitative estimate of drug-likeness (QED) is 0.665. The maximum Gasteiger partial charge on any atom is 0.401 e. The lowest BCUT2D eigenvalue weighted by Gasteiger charge is -2.33. The summed E-state index contributed by atoms with van der Waals surface area (Å²) >= 11 is 0. The molecule has 0 aliphatic rings. The standard InChI is InChI=1S/C14H27F3N2O2/c1-6-8-18-13(4,12(20)21-5)7-9-19(11(2)3)10-14(15,16)17/h11,18H,6-10H2,1-5H3. The smallest absolute Gasteiger partial charge is 0.401 e. The van der Waals surface area contributed by atoms with Crippen molar-refractivity contribution in [3.05, 3.63) is 0 Å². The summed E-state index contributed by atoms with van der Waals surface area (Å²) < 4.78 is 42.5. The highest BCUT2D eigenvalue weighted by Gasteiger charge is 2.36. The van der Waals surface area contributed by atoms with Gasteiger partial charge in [-0.05, 0) is 40.2 Å². The SMILES string of the molecule is CCCNC(C)(CCN(CC(F)(F)F)C(C)C)C(=O)OC. The zero-order valence-corrected chi connectivity index (χ0v) is 13.5. The van der Waals surface area contributed by atoms with Gasteiger partial charge in [0.15, 0.2) is 0 Å². The maximum atomic E-state index is 12.6. The fourth-order valence-electron chi connectivity index (χ4n) is 2.01. The Kier molecular flexibility index (Phi) is 8.25. The highest BCUT2D eigenvalue weighted by atomic mass is 19.4. The lowest BCUT2D eigenvalue weighted by atomic mass is 9.97. The fraction of sp³-hybridized carbons (Fsp3) is 0.929. The van der Waals surface area contributed by atoms with Gasteiger partial charge in [-0.1, -0.05) is 6.92 Å². The minimum Gasteiger partial charge on any atom is -0.468 e. The average Bonchev–Trinajstić information content (AvgIpc) is 2.38. The van der Waals surface area contributed by atoms with Crippen LogP contribution in [0.15, 0.2) is 0 Å². The summed E-state index contributed by atoms with van der Waals surface area (Å²) in [6, 6.07) is -0.250. The van der Waals surface area contributed by atoms with E-state index < -0.39 is 24.2 Å². The summed E-state index contributed by atoms with van der Waals surface area (Å²) in [5, 5.41) is 3.07. The van der Waals surface area contributed by atoms with E-state index in [0.29, 0.717) is 6.54 Å². The van der Waals surface area contributed by atoms with Crippen LogP contribution in [-0.4, -0.2) is 55.4 Å². The molecular weight excluding hydrogens is 285 g/mol. The molecule has 0 spiro atoms. The third-order valence-corrected chi connectivity index (χ3v) is 3.41. The minimum atomic E-state index is -4.25. The van der Waals surface area contributed by atoms with Crippen molar-refractivity contribution in [2.24, 2.45) is 0 Å². The molecule has 0 aromatic carbocycles. The van der Waals surface area contributed by atoms with Crippen LogP contribution in [-0.2, 0) is 9.53 Å². The van der Waals surface area contributed by atoms with E-state index >= 15 is 0 Å². The molecule has 0 saturated heterocycles. The summed E-state index contributed by atoms with van der Waals surface area (Å²) in [6.07, 6.45) is -3.17. The van der Waals surface area contributed by atoms with Crippen molar-refractivity contribution in [3.63, 3.8) is 0 Å². The Hall–Kier alpha value is -0.820. The number of rotatable bonds is 9. The summed E-state index contributed by atoms with van der Waals surface area (Å²) in [6.45, 7) is 6.83. The first-order chi connectivity index (χ1) is 9.55. The first kappa shape index (κ1) is 20.2. The Morgan fingerprint density at radius 3 is 2.29 bits per heavy atom. The Bertz CT molecular complexity index is 322. The van der Waals surface area contributed by atoms with Crippen molar-refractivity contribution >= 4 is 5.97 Å². The van der Waals surface area contributed by atoms with Crippen LogP contribution < -0.4 is 5.32 Å². The van der Waals surface area contributed by atoms with Gasteiger partial charge in [-0.3, -0.25) is 9.69 Å². The van der Waals surface area contributed by atoms with Crippen LogP contribution in [0.5, 0.6) is 0 Å². The van der Waals surface area contributed by atoms with Gasteiger partial charge in [0.25, 0.3) is 0 Å². The van der Waals surface area contributed by atoms with Crippen molar-refractivity contribution in [1.82, 2.24) is 10.2 Å². The number of nitrogens with one attached hydrogen (secondary N) is 1. The molecule has 4 nitrogen and oxygen atoms in total. The van der Waals surface area contributed by atoms with E-state index in [-0.39, 0.29) is 19.0 Å². The molecule has 0 amide bonds. The molecule has 0 saturated carbocycles. The van der Waals surface area contributed by atoms with E-state index in [2.05, 4.69) is 5.32 Å².